The molecule has 0 aliphatic rings. The second-order valence-corrected chi connectivity index (χ2v) is 9.43. The van der Waals surface area contributed by atoms with Crippen LogP contribution in [0.5, 0.6) is 0 Å². The fourth-order valence-corrected chi connectivity index (χ4v) is 3.85. The maximum atomic E-state index is 13.7. The molecule has 2 aromatic carbocycles. The van der Waals surface area contributed by atoms with Crippen molar-refractivity contribution in [2.45, 2.75) is 44.8 Å². The van der Waals surface area contributed by atoms with Crippen molar-refractivity contribution in [2.24, 2.45) is 0 Å². The molecular weight excluding hydrogens is 489 g/mol. The highest BCUT2D eigenvalue weighted by Gasteiger charge is 2.28. The minimum Gasteiger partial charge on any atom is -0.447 e. The van der Waals surface area contributed by atoms with Gasteiger partial charge in [-0.3, -0.25) is 10.1 Å². The number of aromatic nitrogens is 1. The topological polar surface area (TPSA) is 105 Å². The van der Waals surface area contributed by atoms with Gasteiger partial charge in [0.25, 0.3) is 0 Å². The van der Waals surface area contributed by atoms with E-state index in [0.29, 0.717) is 11.3 Å². The molecule has 1 atom stereocenters. The third-order valence-corrected chi connectivity index (χ3v) is 5.94. The van der Waals surface area contributed by atoms with Crippen LogP contribution < -0.4 is 5.32 Å². The first-order valence-electron chi connectivity index (χ1n) is 11.4. The molecule has 192 valence electrons. The molecule has 1 heterocycles. The fraction of sp³-hybridized carbons (Fsp3) is 0.346. The van der Waals surface area contributed by atoms with Crippen LogP contribution in [0.3, 0.4) is 0 Å². The molecule has 3 aromatic rings. The molecular formula is C26H29ClFN3O5. The minimum absolute atomic E-state index is 0.00993. The summed E-state index contributed by atoms with van der Waals surface area (Å²) in [5, 5.41) is 16.6. The van der Waals surface area contributed by atoms with Crippen molar-refractivity contribution < 1.29 is 28.3 Å². The van der Waals surface area contributed by atoms with Crippen LogP contribution in [-0.2, 0) is 16.0 Å². The van der Waals surface area contributed by atoms with E-state index in [1.807, 2.05) is 30.3 Å². The quantitative estimate of drug-likeness (QED) is 0.378. The molecule has 0 bridgehead atoms. The highest BCUT2D eigenvalue weighted by Crippen LogP contribution is 2.23. The number of halogens is 2. The zero-order valence-electron chi connectivity index (χ0n) is 20.3. The molecule has 0 unspecified atom stereocenters. The van der Waals surface area contributed by atoms with Gasteiger partial charge in [-0.1, -0.05) is 59.2 Å². The molecule has 8 nitrogen and oxygen atoms in total. The Morgan fingerprint density at radius 3 is 2.64 bits per heavy atom. The average molecular weight is 518 g/mol. The summed E-state index contributed by atoms with van der Waals surface area (Å²) >= 11 is 5.98. The lowest BCUT2D eigenvalue weighted by Crippen LogP contribution is -2.45. The van der Waals surface area contributed by atoms with Crippen molar-refractivity contribution in [2.75, 3.05) is 19.0 Å². The largest absolute Gasteiger partial charge is 0.447 e. The maximum Gasteiger partial charge on any atom is 0.412 e. The monoisotopic (exact) mass is 517 g/mol. The number of hydrogen-bond donors (Lipinski definition) is 2. The first kappa shape index (κ1) is 27.2. The van der Waals surface area contributed by atoms with Crippen molar-refractivity contribution >= 4 is 29.4 Å². The van der Waals surface area contributed by atoms with E-state index in [0.717, 1.165) is 5.56 Å². The lowest BCUT2D eigenvalue weighted by Gasteiger charge is -2.32. The molecule has 3 rings (SSSR count). The van der Waals surface area contributed by atoms with Crippen molar-refractivity contribution in [3.05, 3.63) is 71.0 Å². The SMILES string of the molecule is CN(C(=O)CCc1cccc(F)c1Cl)[C@H](COC(=O)Nc1cc(-c2ccccc2)on1)CC(C)(C)O. The van der Waals surface area contributed by atoms with E-state index < -0.39 is 23.6 Å². The van der Waals surface area contributed by atoms with Crippen LogP contribution in [0, 0.1) is 5.82 Å². The zero-order chi connectivity index (χ0) is 26.3. The van der Waals surface area contributed by atoms with E-state index in [9.17, 15) is 19.1 Å². The van der Waals surface area contributed by atoms with Gasteiger partial charge in [0.2, 0.25) is 5.91 Å². The van der Waals surface area contributed by atoms with Crippen LogP contribution in [-0.4, -0.2) is 52.5 Å². The van der Waals surface area contributed by atoms with Crippen molar-refractivity contribution in [1.82, 2.24) is 10.1 Å². The Labute approximate surface area is 214 Å². The van der Waals surface area contributed by atoms with Gasteiger partial charge in [-0.15, -0.1) is 0 Å². The minimum atomic E-state index is -1.12. The molecule has 10 heteroatoms. The van der Waals surface area contributed by atoms with E-state index in [-0.39, 0.29) is 42.6 Å². The number of nitrogens with zero attached hydrogens (tertiary/aromatic N) is 2. The number of aryl methyl sites for hydroxylation is 1. The van der Waals surface area contributed by atoms with Gasteiger partial charge in [0.15, 0.2) is 11.6 Å². The van der Waals surface area contributed by atoms with Crippen molar-refractivity contribution in [1.29, 1.82) is 0 Å². The first-order valence-corrected chi connectivity index (χ1v) is 11.8. The van der Waals surface area contributed by atoms with E-state index in [2.05, 4.69) is 10.5 Å². The van der Waals surface area contributed by atoms with E-state index in [4.69, 9.17) is 20.9 Å². The molecule has 0 aliphatic heterocycles. The normalized spacial score (nSPS) is 12.2. The van der Waals surface area contributed by atoms with Gasteiger partial charge in [-0.05, 0) is 38.3 Å². The number of carbonyl (C=O) groups is 2. The number of aliphatic hydroxyl groups is 1. The van der Waals surface area contributed by atoms with Gasteiger partial charge in [-0.25, -0.2) is 9.18 Å². The molecule has 0 saturated heterocycles. The maximum absolute atomic E-state index is 13.7. The summed E-state index contributed by atoms with van der Waals surface area (Å²) < 4.78 is 24.3. The Morgan fingerprint density at radius 2 is 1.94 bits per heavy atom. The Balaban J connectivity index is 1.58. The predicted octanol–water partition coefficient (Wildman–Crippen LogP) is 5.30. The zero-order valence-corrected chi connectivity index (χ0v) is 21.1. The number of anilines is 1. The molecule has 0 aliphatic carbocycles. The van der Waals surface area contributed by atoms with E-state index in [1.165, 1.54) is 17.0 Å². The number of carbonyl (C=O) groups excluding carboxylic acids is 2. The molecule has 0 saturated carbocycles. The molecule has 2 N–H and O–H groups in total. The number of ether oxygens (including phenoxy) is 1. The first-order chi connectivity index (χ1) is 17.0. The number of rotatable bonds is 10. The van der Waals surface area contributed by atoms with Gasteiger partial charge in [0.1, 0.15) is 12.4 Å². The summed E-state index contributed by atoms with van der Waals surface area (Å²) in [6.45, 7) is 3.04. The summed E-state index contributed by atoms with van der Waals surface area (Å²) in [5.74, 6) is -0.154. The summed E-state index contributed by atoms with van der Waals surface area (Å²) in [7, 11) is 1.57. The fourth-order valence-electron chi connectivity index (χ4n) is 3.63. The molecule has 0 fully saturated rings. The van der Waals surface area contributed by atoms with Crippen LogP contribution in [0.4, 0.5) is 15.0 Å². The van der Waals surface area contributed by atoms with Crippen molar-refractivity contribution in [3.63, 3.8) is 0 Å². The third-order valence-electron chi connectivity index (χ3n) is 5.52. The summed E-state index contributed by atoms with van der Waals surface area (Å²) in [4.78, 5) is 26.6. The number of hydrogen-bond acceptors (Lipinski definition) is 6. The van der Waals surface area contributed by atoms with Crippen LogP contribution >= 0.6 is 11.6 Å². The molecule has 0 radical (unpaired) electrons. The molecule has 0 spiro atoms. The average Bonchev–Trinajstić information content (AvgIpc) is 3.30. The Kier molecular flexibility index (Phi) is 9.06. The van der Waals surface area contributed by atoms with Gasteiger partial charge in [-0.2, -0.15) is 0 Å². The Morgan fingerprint density at radius 1 is 1.22 bits per heavy atom. The summed E-state index contributed by atoms with van der Waals surface area (Å²) in [6, 6.07) is 14.7. The summed E-state index contributed by atoms with van der Waals surface area (Å²) in [5.41, 5.74) is 0.202. The molecule has 2 amide bonds. The van der Waals surface area contributed by atoms with Crippen LogP contribution in [0.2, 0.25) is 5.02 Å². The lowest BCUT2D eigenvalue weighted by molar-refractivity contribution is -0.134. The number of amides is 2. The second kappa shape index (κ2) is 12.0. The molecule has 1 aromatic heterocycles. The van der Waals surface area contributed by atoms with Crippen molar-refractivity contribution in [3.8, 4) is 11.3 Å². The van der Waals surface area contributed by atoms with Gasteiger partial charge < -0.3 is 19.3 Å². The number of likely N-dealkylation sites (N-methyl/N-ethyl adjacent to an activating group) is 1. The van der Waals surface area contributed by atoms with Crippen LogP contribution in [0.15, 0.2) is 59.1 Å². The van der Waals surface area contributed by atoms with Crippen LogP contribution in [0.1, 0.15) is 32.3 Å². The van der Waals surface area contributed by atoms with E-state index >= 15 is 0 Å². The third kappa shape index (κ3) is 7.79. The second-order valence-electron chi connectivity index (χ2n) is 9.05. The smallest absolute Gasteiger partial charge is 0.412 e. The molecule has 36 heavy (non-hydrogen) atoms. The Bertz CT molecular complexity index is 1180. The standard InChI is InChI=1S/C26H29ClFN3O5/c1-26(2,34)15-19(31(3)23(32)13-12-18-10-7-11-20(28)24(18)27)16-35-25(33)29-22-14-21(36-30-22)17-8-5-4-6-9-17/h4-11,14,19,34H,12-13,15-16H2,1-3H3,(H,29,30,33)/t19-/m0/s1. The van der Waals surface area contributed by atoms with Gasteiger partial charge in [0.05, 0.1) is 16.7 Å². The van der Waals surface area contributed by atoms with E-state index in [1.54, 1.807) is 33.0 Å². The highest BCUT2D eigenvalue weighted by atomic mass is 35.5. The van der Waals surface area contributed by atoms with Crippen LogP contribution in [0.25, 0.3) is 11.3 Å². The van der Waals surface area contributed by atoms with Gasteiger partial charge in [0, 0.05) is 25.1 Å². The predicted molar refractivity (Wildman–Crippen MR) is 134 cm³/mol. The van der Waals surface area contributed by atoms with Gasteiger partial charge >= 0.3 is 6.09 Å². The lowest BCUT2D eigenvalue weighted by atomic mass is 9.98. The highest BCUT2D eigenvalue weighted by molar-refractivity contribution is 6.31. The summed E-state index contributed by atoms with van der Waals surface area (Å²) in [6.07, 6.45) is -0.316. The number of benzene rings is 2. The Hall–Kier alpha value is -3.43. The number of nitrogens with one attached hydrogen (secondary N) is 1.